The lowest BCUT2D eigenvalue weighted by Gasteiger charge is -2.22. The van der Waals surface area contributed by atoms with Crippen molar-refractivity contribution < 1.29 is 0 Å². The van der Waals surface area contributed by atoms with Crippen LogP contribution in [-0.4, -0.2) is 32.8 Å². The van der Waals surface area contributed by atoms with Crippen molar-refractivity contribution >= 4 is 43.3 Å². The van der Waals surface area contributed by atoms with Gasteiger partial charge in [0.15, 0.2) is 0 Å². The van der Waals surface area contributed by atoms with Gasteiger partial charge in [-0.25, -0.2) is 9.97 Å². The minimum absolute atomic E-state index is 0.456. The van der Waals surface area contributed by atoms with Gasteiger partial charge in [-0.2, -0.15) is 5.10 Å². The Labute approximate surface area is 174 Å². The Hall–Kier alpha value is -2.29. The second-order valence-electron chi connectivity index (χ2n) is 6.95. The van der Waals surface area contributed by atoms with Crippen molar-refractivity contribution in [3.63, 3.8) is 0 Å². The average Bonchev–Trinajstić information content (AvgIpc) is 3.37. The summed E-state index contributed by atoms with van der Waals surface area (Å²) in [6.07, 6.45) is 8.04. The van der Waals surface area contributed by atoms with E-state index < -0.39 is 0 Å². The van der Waals surface area contributed by atoms with E-state index in [1.54, 1.807) is 11.3 Å². The molecule has 0 amide bonds. The Morgan fingerprint density at radius 3 is 2.86 bits per heavy atom. The van der Waals surface area contributed by atoms with Gasteiger partial charge in [-0.15, -0.1) is 11.3 Å². The van der Waals surface area contributed by atoms with Crippen LogP contribution in [0, 0.1) is 0 Å². The number of rotatable bonds is 3. The molecule has 0 unspecified atom stereocenters. The second-order valence-corrected chi connectivity index (χ2v) is 8.84. The van der Waals surface area contributed by atoms with Crippen LogP contribution in [0.25, 0.3) is 31.9 Å². The molecule has 1 aliphatic heterocycles. The number of nitrogens with zero attached hydrogens (tertiary/aromatic N) is 4. The molecule has 8 heteroatoms. The van der Waals surface area contributed by atoms with Crippen molar-refractivity contribution in [2.24, 2.45) is 0 Å². The first-order chi connectivity index (χ1) is 13.7. The Morgan fingerprint density at radius 1 is 1.18 bits per heavy atom. The highest BCUT2D eigenvalue weighted by Gasteiger charge is 2.17. The van der Waals surface area contributed by atoms with Crippen molar-refractivity contribution in [3.8, 4) is 21.7 Å². The van der Waals surface area contributed by atoms with Crippen molar-refractivity contribution in [3.05, 3.63) is 47.3 Å². The lowest BCUT2D eigenvalue weighted by molar-refractivity contribution is 0.343. The lowest BCUT2D eigenvalue weighted by Crippen LogP contribution is -2.29. The number of pyridine rings is 1. The third-order valence-corrected chi connectivity index (χ3v) is 6.83. The summed E-state index contributed by atoms with van der Waals surface area (Å²) in [5.74, 6) is 0.490. The van der Waals surface area contributed by atoms with E-state index in [4.69, 9.17) is 10.7 Å². The van der Waals surface area contributed by atoms with Gasteiger partial charge < -0.3 is 11.1 Å². The van der Waals surface area contributed by atoms with E-state index in [2.05, 4.69) is 54.3 Å². The predicted octanol–water partition coefficient (Wildman–Crippen LogP) is 4.49. The number of thiazole rings is 1. The van der Waals surface area contributed by atoms with Crippen molar-refractivity contribution in [2.45, 2.75) is 18.9 Å². The van der Waals surface area contributed by atoms with E-state index in [1.165, 1.54) is 0 Å². The number of piperidine rings is 1. The molecule has 1 aromatic carbocycles. The van der Waals surface area contributed by atoms with Crippen LogP contribution in [0.15, 0.2) is 47.3 Å². The summed E-state index contributed by atoms with van der Waals surface area (Å²) in [5, 5.41) is 8.87. The van der Waals surface area contributed by atoms with E-state index in [0.29, 0.717) is 11.9 Å². The molecule has 0 atom stereocenters. The number of hydrogen-bond acceptors (Lipinski definition) is 6. The van der Waals surface area contributed by atoms with Gasteiger partial charge in [-0.1, -0.05) is 6.07 Å². The highest BCUT2D eigenvalue weighted by Crippen LogP contribution is 2.37. The highest BCUT2D eigenvalue weighted by molar-refractivity contribution is 9.10. The monoisotopic (exact) mass is 454 g/mol. The summed E-state index contributed by atoms with van der Waals surface area (Å²) < 4.78 is 4.19. The van der Waals surface area contributed by atoms with Gasteiger partial charge in [-0.05, 0) is 60.1 Å². The van der Waals surface area contributed by atoms with Crippen LogP contribution in [0.4, 0.5) is 5.82 Å². The molecule has 1 aliphatic rings. The fourth-order valence-corrected chi connectivity index (χ4v) is 5.20. The van der Waals surface area contributed by atoms with Gasteiger partial charge in [0.1, 0.15) is 10.8 Å². The molecule has 4 heterocycles. The molecule has 6 nitrogen and oxygen atoms in total. The van der Waals surface area contributed by atoms with E-state index in [0.717, 1.165) is 62.3 Å². The smallest absolute Gasteiger partial charge is 0.133 e. The Balaban J connectivity index is 1.52. The van der Waals surface area contributed by atoms with Crippen LogP contribution in [-0.2, 0) is 0 Å². The SMILES string of the molecule is Nc1ncc(-c2cnn(C3CCNCC3)c2)cc1-c1nc2c(Br)cccc2s1. The molecule has 3 aromatic heterocycles. The number of nitrogen functional groups attached to an aromatic ring is 1. The zero-order chi connectivity index (χ0) is 19.1. The van der Waals surface area contributed by atoms with Crippen molar-refractivity contribution in [1.82, 2.24) is 25.1 Å². The summed E-state index contributed by atoms with van der Waals surface area (Å²) in [5.41, 5.74) is 10.1. The van der Waals surface area contributed by atoms with Crippen LogP contribution in [0.5, 0.6) is 0 Å². The number of nitrogens with two attached hydrogens (primary N) is 1. The molecule has 1 saturated heterocycles. The summed E-state index contributed by atoms with van der Waals surface area (Å²) in [4.78, 5) is 9.21. The Kier molecular flexibility index (Phi) is 4.62. The first-order valence-corrected chi connectivity index (χ1v) is 10.9. The molecule has 0 spiro atoms. The number of benzene rings is 1. The average molecular weight is 455 g/mol. The fraction of sp³-hybridized carbons (Fsp3) is 0.250. The topological polar surface area (TPSA) is 81.6 Å². The molecule has 28 heavy (non-hydrogen) atoms. The third-order valence-electron chi connectivity index (χ3n) is 5.14. The minimum Gasteiger partial charge on any atom is -0.383 e. The molecule has 142 valence electrons. The summed E-state index contributed by atoms with van der Waals surface area (Å²) >= 11 is 5.20. The summed E-state index contributed by atoms with van der Waals surface area (Å²) in [6.45, 7) is 2.08. The lowest BCUT2D eigenvalue weighted by atomic mass is 10.1. The standard InChI is InChI=1S/C20H19BrN6S/c21-16-2-1-3-17-18(16)26-20(28-17)15-8-12(9-24-19(15)22)13-10-25-27(11-13)14-4-6-23-7-5-14/h1-3,8-11,14,23H,4-7H2,(H2,22,24). The molecule has 3 N–H and O–H groups in total. The zero-order valence-corrected chi connectivity index (χ0v) is 17.5. The number of aromatic nitrogens is 4. The summed E-state index contributed by atoms with van der Waals surface area (Å²) in [6, 6.07) is 8.61. The first-order valence-electron chi connectivity index (χ1n) is 9.25. The number of anilines is 1. The summed E-state index contributed by atoms with van der Waals surface area (Å²) in [7, 11) is 0. The molecule has 0 bridgehead atoms. The van der Waals surface area contributed by atoms with E-state index in [9.17, 15) is 0 Å². The Morgan fingerprint density at radius 2 is 2.04 bits per heavy atom. The number of halogens is 1. The minimum atomic E-state index is 0.456. The van der Waals surface area contributed by atoms with Gasteiger partial charge in [-0.3, -0.25) is 4.68 Å². The molecular formula is C20H19BrN6S. The zero-order valence-electron chi connectivity index (χ0n) is 15.1. The maximum Gasteiger partial charge on any atom is 0.133 e. The van der Waals surface area contributed by atoms with E-state index in [1.807, 2.05) is 24.5 Å². The largest absolute Gasteiger partial charge is 0.383 e. The molecule has 4 aromatic rings. The van der Waals surface area contributed by atoms with Gasteiger partial charge in [0.05, 0.1) is 28.0 Å². The number of hydrogen-bond donors (Lipinski definition) is 2. The molecule has 0 aliphatic carbocycles. The van der Waals surface area contributed by atoms with E-state index >= 15 is 0 Å². The second kappa shape index (κ2) is 7.27. The quantitative estimate of drug-likeness (QED) is 0.476. The maximum absolute atomic E-state index is 6.20. The van der Waals surface area contributed by atoms with E-state index in [-0.39, 0.29) is 0 Å². The first kappa shape index (κ1) is 17.8. The number of nitrogens with one attached hydrogen (secondary N) is 1. The Bertz CT molecular complexity index is 1140. The van der Waals surface area contributed by atoms with Crippen LogP contribution in [0.2, 0.25) is 0 Å². The predicted molar refractivity (Wildman–Crippen MR) is 117 cm³/mol. The number of para-hydroxylation sites is 1. The van der Waals surface area contributed by atoms with Gasteiger partial charge in [0.2, 0.25) is 0 Å². The highest BCUT2D eigenvalue weighted by atomic mass is 79.9. The van der Waals surface area contributed by atoms with Crippen molar-refractivity contribution in [1.29, 1.82) is 0 Å². The number of fused-ring (bicyclic) bond motifs is 1. The molecule has 1 fully saturated rings. The molecular weight excluding hydrogens is 436 g/mol. The molecule has 0 radical (unpaired) electrons. The van der Waals surface area contributed by atoms with Gasteiger partial charge >= 0.3 is 0 Å². The molecule has 0 saturated carbocycles. The normalized spacial score (nSPS) is 15.3. The molecule has 5 rings (SSSR count). The maximum atomic E-state index is 6.20. The van der Waals surface area contributed by atoms with Gasteiger partial charge in [0.25, 0.3) is 0 Å². The van der Waals surface area contributed by atoms with Crippen LogP contribution >= 0.6 is 27.3 Å². The van der Waals surface area contributed by atoms with Gasteiger partial charge in [0, 0.05) is 28.0 Å². The van der Waals surface area contributed by atoms with Crippen LogP contribution < -0.4 is 11.1 Å². The fourth-order valence-electron chi connectivity index (χ4n) is 3.59. The third kappa shape index (κ3) is 3.21. The van der Waals surface area contributed by atoms with Crippen LogP contribution in [0.1, 0.15) is 18.9 Å². The van der Waals surface area contributed by atoms with Crippen LogP contribution in [0.3, 0.4) is 0 Å². The van der Waals surface area contributed by atoms with Crippen molar-refractivity contribution in [2.75, 3.05) is 18.8 Å².